The van der Waals surface area contributed by atoms with Crippen LogP contribution < -0.4 is 0 Å². The molecule has 174 valence electrons. The zero-order chi connectivity index (χ0) is 23.8. The Kier molecular flexibility index (Phi) is 6.26. The molecule has 1 amide bonds. The molecule has 1 heterocycles. The molecule has 0 N–H and O–H groups in total. The van der Waals surface area contributed by atoms with Gasteiger partial charge in [0.25, 0.3) is 5.91 Å². The summed E-state index contributed by atoms with van der Waals surface area (Å²) in [5, 5.41) is 0. The average molecular weight is 444 g/mol. The van der Waals surface area contributed by atoms with Crippen LogP contribution in [0.5, 0.6) is 0 Å². The predicted octanol–water partition coefficient (Wildman–Crippen LogP) is 6.84. The van der Waals surface area contributed by atoms with Crippen LogP contribution in [0, 0.1) is 6.92 Å². The van der Waals surface area contributed by atoms with Gasteiger partial charge in [-0.05, 0) is 77.0 Å². The molecular formula is C30H37NO2. The molecule has 0 fully saturated rings. The van der Waals surface area contributed by atoms with Gasteiger partial charge in [0.2, 0.25) is 0 Å². The summed E-state index contributed by atoms with van der Waals surface area (Å²) in [5.74, 6) is 1.19. The van der Waals surface area contributed by atoms with Crippen molar-refractivity contribution >= 4 is 5.91 Å². The zero-order valence-corrected chi connectivity index (χ0v) is 21.0. The highest BCUT2D eigenvalue weighted by Gasteiger charge is 2.37. The van der Waals surface area contributed by atoms with E-state index in [1.165, 1.54) is 40.7 Å². The van der Waals surface area contributed by atoms with E-state index in [1.54, 1.807) is 4.90 Å². The summed E-state index contributed by atoms with van der Waals surface area (Å²) in [4.78, 5) is 14.6. The summed E-state index contributed by atoms with van der Waals surface area (Å²) in [6, 6.07) is 18.8. The molecule has 3 heteroatoms. The van der Waals surface area contributed by atoms with Crippen molar-refractivity contribution < 1.29 is 9.21 Å². The molecule has 1 aliphatic carbocycles. The van der Waals surface area contributed by atoms with Crippen molar-refractivity contribution in [1.82, 2.24) is 4.90 Å². The number of fused-ring (bicyclic) bond motifs is 1. The first kappa shape index (κ1) is 23.4. The van der Waals surface area contributed by atoms with Gasteiger partial charge in [-0.25, -0.2) is 0 Å². The number of likely N-dealkylation sites (N-methyl/N-ethyl adjacent to an activating group) is 1. The number of hydrogen-bond acceptors (Lipinski definition) is 2. The molecule has 0 saturated heterocycles. The average Bonchev–Trinajstić information content (AvgIpc) is 3.25. The number of furan rings is 1. The molecule has 0 unspecified atom stereocenters. The highest BCUT2D eigenvalue weighted by atomic mass is 16.4. The Morgan fingerprint density at radius 2 is 1.58 bits per heavy atom. The second-order valence-corrected chi connectivity index (χ2v) is 11.0. The van der Waals surface area contributed by atoms with Crippen molar-refractivity contribution in [2.24, 2.45) is 0 Å². The molecule has 0 radical (unpaired) electrons. The number of rotatable bonds is 6. The van der Waals surface area contributed by atoms with Crippen LogP contribution in [0.1, 0.15) is 84.7 Å². The molecule has 0 atom stereocenters. The number of carbonyl (C=O) groups excluding carboxylic acids is 1. The first-order valence-corrected chi connectivity index (χ1v) is 12.1. The van der Waals surface area contributed by atoms with Crippen LogP contribution in [0.15, 0.2) is 59.0 Å². The Labute approximate surface area is 198 Å². The van der Waals surface area contributed by atoms with Crippen LogP contribution in [0.3, 0.4) is 0 Å². The smallest absolute Gasteiger partial charge is 0.289 e. The Morgan fingerprint density at radius 3 is 2.24 bits per heavy atom. The molecule has 33 heavy (non-hydrogen) atoms. The molecule has 3 nitrogen and oxygen atoms in total. The van der Waals surface area contributed by atoms with Gasteiger partial charge in [-0.15, -0.1) is 0 Å². The summed E-state index contributed by atoms with van der Waals surface area (Å²) in [7, 11) is 1.84. The SMILES string of the molecule is Cc1cc2c(cc1Cc1ccc(C(=O)N(C)CCc3ccccc3)o1)C(C)(C)CCC2(C)C. The van der Waals surface area contributed by atoms with Crippen molar-refractivity contribution in [2.75, 3.05) is 13.6 Å². The fraction of sp³-hybridized carbons (Fsp3) is 0.433. The van der Waals surface area contributed by atoms with Gasteiger partial charge in [-0.3, -0.25) is 4.79 Å². The molecule has 0 spiro atoms. The van der Waals surface area contributed by atoms with Gasteiger partial charge in [0.05, 0.1) is 0 Å². The maximum atomic E-state index is 12.9. The molecular weight excluding hydrogens is 406 g/mol. The van der Waals surface area contributed by atoms with Crippen LogP contribution in [-0.2, 0) is 23.7 Å². The standard InChI is InChI=1S/C30H37NO2/c1-21-18-25-26(30(4,5)16-15-29(25,2)3)20-23(21)19-24-12-13-27(33-24)28(32)31(6)17-14-22-10-8-7-9-11-22/h7-13,18,20H,14-17,19H2,1-6H3. The molecule has 1 aliphatic rings. The van der Waals surface area contributed by atoms with E-state index < -0.39 is 0 Å². The van der Waals surface area contributed by atoms with E-state index >= 15 is 0 Å². The summed E-state index contributed by atoms with van der Waals surface area (Å²) >= 11 is 0. The lowest BCUT2D eigenvalue weighted by molar-refractivity contribution is 0.0763. The minimum absolute atomic E-state index is 0.0674. The lowest BCUT2D eigenvalue weighted by Crippen LogP contribution is -2.34. The van der Waals surface area contributed by atoms with E-state index in [1.807, 2.05) is 37.4 Å². The zero-order valence-electron chi connectivity index (χ0n) is 21.0. The van der Waals surface area contributed by atoms with Crippen LogP contribution in [-0.4, -0.2) is 24.4 Å². The van der Waals surface area contributed by atoms with Crippen LogP contribution in [0.4, 0.5) is 0 Å². The lowest BCUT2D eigenvalue weighted by Gasteiger charge is -2.42. The Hall–Kier alpha value is -2.81. The van der Waals surface area contributed by atoms with Crippen LogP contribution in [0.2, 0.25) is 0 Å². The second kappa shape index (κ2) is 8.85. The molecule has 3 aromatic rings. The molecule has 4 rings (SSSR count). The Morgan fingerprint density at radius 1 is 0.939 bits per heavy atom. The highest BCUT2D eigenvalue weighted by molar-refractivity contribution is 5.91. The molecule has 0 saturated carbocycles. The molecule has 0 bridgehead atoms. The topological polar surface area (TPSA) is 33.5 Å². The fourth-order valence-electron chi connectivity index (χ4n) is 4.96. The summed E-state index contributed by atoms with van der Waals surface area (Å²) in [5.41, 5.74) is 7.14. The number of carbonyl (C=O) groups is 1. The minimum atomic E-state index is -0.0674. The van der Waals surface area contributed by atoms with E-state index in [-0.39, 0.29) is 16.7 Å². The van der Waals surface area contributed by atoms with Crippen molar-refractivity contribution in [3.63, 3.8) is 0 Å². The number of hydrogen-bond donors (Lipinski definition) is 0. The molecule has 2 aromatic carbocycles. The Bertz CT molecular complexity index is 1140. The molecule has 1 aromatic heterocycles. The van der Waals surface area contributed by atoms with Gasteiger partial charge in [-0.2, -0.15) is 0 Å². The van der Waals surface area contributed by atoms with Crippen molar-refractivity contribution in [3.8, 4) is 0 Å². The first-order valence-electron chi connectivity index (χ1n) is 12.1. The first-order chi connectivity index (χ1) is 15.6. The summed E-state index contributed by atoms with van der Waals surface area (Å²) < 4.78 is 6.02. The van der Waals surface area contributed by atoms with Gasteiger partial charge in [0, 0.05) is 20.0 Å². The van der Waals surface area contributed by atoms with Crippen LogP contribution in [0.25, 0.3) is 0 Å². The van der Waals surface area contributed by atoms with Crippen molar-refractivity contribution in [1.29, 1.82) is 0 Å². The van der Waals surface area contributed by atoms with Gasteiger partial charge in [0.1, 0.15) is 5.76 Å². The lowest BCUT2D eigenvalue weighted by atomic mass is 9.62. The predicted molar refractivity (Wildman–Crippen MR) is 135 cm³/mol. The number of nitrogens with zero attached hydrogens (tertiary/aromatic N) is 1. The summed E-state index contributed by atoms with van der Waals surface area (Å²) in [6.07, 6.45) is 3.95. The van der Waals surface area contributed by atoms with Crippen molar-refractivity contribution in [3.05, 3.63) is 93.9 Å². The second-order valence-electron chi connectivity index (χ2n) is 11.0. The van der Waals surface area contributed by atoms with E-state index in [9.17, 15) is 4.79 Å². The number of amides is 1. The fourth-order valence-corrected chi connectivity index (χ4v) is 4.96. The largest absolute Gasteiger partial charge is 0.456 e. The monoisotopic (exact) mass is 443 g/mol. The minimum Gasteiger partial charge on any atom is -0.456 e. The van der Waals surface area contributed by atoms with Gasteiger partial charge >= 0.3 is 0 Å². The van der Waals surface area contributed by atoms with E-state index in [0.29, 0.717) is 18.7 Å². The van der Waals surface area contributed by atoms with Gasteiger partial charge < -0.3 is 9.32 Å². The third-order valence-electron chi connectivity index (χ3n) is 7.47. The quantitative estimate of drug-likeness (QED) is 0.418. The van der Waals surface area contributed by atoms with E-state index in [2.05, 4.69) is 58.9 Å². The van der Waals surface area contributed by atoms with Crippen molar-refractivity contribution in [2.45, 2.75) is 71.1 Å². The summed E-state index contributed by atoms with van der Waals surface area (Å²) in [6.45, 7) is 12.3. The maximum absolute atomic E-state index is 12.9. The van der Waals surface area contributed by atoms with Crippen LogP contribution >= 0.6 is 0 Å². The maximum Gasteiger partial charge on any atom is 0.289 e. The number of benzene rings is 2. The normalized spacial score (nSPS) is 16.3. The van der Waals surface area contributed by atoms with Gasteiger partial charge in [0.15, 0.2) is 5.76 Å². The third-order valence-corrected chi connectivity index (χ3v) is 7.47. The Balaban J connectivity index is 1.49. The van der Waals surface area contributed by atoms with Gasteiger partial charge in [-0.1, -0.05) is 70.2 Å². The number of aryl methyl sites for hydroxylation is 1. The molecule has 0 aliphatic heterocycles. The highest BCUT2D eigenvalue weighted by Crippen LogP contribution is 2.46. The third kappa shape index (κ3) is 4.93. The van der Waals surface area contributed by atoms with E-state index in [4.69, 9.17) is 4.42 Å². The van der Waals surface area contributed by atoms with E-state index in [0.717, 1.165) is 12.2 Å².